The maximum atomic E-state index is 12.8. The van der Waals surface area contributed by atoms with Crippen molar-refractivity contribution in [1.82, 2.24) is 0 Å². The minimum Gasteiger partial charge on any atom is -0.416 e. The van der Waals surface area contributed by atoms with Gasteiger partial charge in [0.25, 0.3) is 0 Å². The Hall–Kier alpha value is -1.25. The molecule has 0 saturated heterocycles. The summed E-state index contributed by atoms with van der Waals surface area (Å²) in [5.74, 6) is -7.84. The highest BCUT2D eigenvalue weighted by Crippen LogP contribution is 2.49. The predicted octanol–water partition coefficient (Wildman–Crippen LogP) is 3.21. The zero-order chi connectivity index (χ0) is 16.1. The highest BCUT2D eigenvalue weighted by atomic mass is 19.4. The topological polar surface area (TPSA) is 35.5 Å². The van der Waals surface area contributed by atoms with Crippen LogP contribution in [0.3, 0.4) is 0 Å². The molecule has 0 aliphatic heterocycles. The van der Waals surface area contributed by atoms with E-state index in [0.29, 0.717) is 6.42 Å². The van der Waals surface area contributed by atoms with E-state index in [1.807, 2.05) is 0 Å². The van der Waals surface area contributed by atoms with Gasteiger partial charge in [-0.3, -0.25) is 4.79 Å². The van der Waals surface area contributed by atoms with Crippen LogP contribution in [0, 0.1) is 17.8 Å². The lowest BCUT2D eigenvalue weighted by Crippen LogP contribution is -2.61. The Kier molecular flexibility index (Phi) is 3.76. The lowest BCUT2D eigenvalue weighted by molar-refractivity contribution is -0.451. The first-order valence-electron chi connectivity index (χ1n) is 6.11. The summed E-state index contributed by atoms with van der Waals surface area (Å²) >= 11 is 0. The molecule has 0 spiro atoms. The molecular weight excluding hydrogens is 306 g/mol. The monoisotopic (exact) mass is 318 g/mol. The lowest BCUT2D eigenvalue weighted by atomic mass is 9.94. The summed E-state index contributed by atoms with van der Waals surface area (Å²) in [6.45, 7) is 0. The number of carbonyl (C=O) groups excluding carboxylic acids is 1. The molecule has 2 aliphatic carbocycles. The second kappa shape index (κ2) is 4.89. The molecule has 2 aliphatic rings. The molecule has 1 fully saturated rings. The van der Waals surface area contributed by atoms with E-state index in [1.165, 1.54) is 0 Å². The highest BCUT2D eigenvalue weighted by molar-refractivity contribution is 5.74. The number of rotatable bonds is 3. The average molecular weight is 318 g/mol. The number of carbonyl (C=O) groups is 1. The first-order valence-corrected chi connectivity index (χ1v) is 6.11. The van der Waals surface area contributed by atoms with E-state index in [9.17, 15) is 31.1 Å². The molecule has 2 rings (SSSR count). The van der Waals surface area contributed by atoms with Gasteiger partial charge in [-0.25, -0.2) is 0 Å². The predicted molar refractivity (Wildman–Crippen MR) is 56.8 cm³/mol. The lowest BCUT2D eigenvalue weighted by Gasteiger charge is -2.35. The quantitative estimate of drug-likeness (QED) is 0.347. The number of allylic oxidation sites excluding steroid dienone is 2. The molecule has 0 aromatic heterocycles. The van der Waals surface area contributed by atoms with Crippen molar-refractivity contribution in [2.75, 3.05) is 7.11 Å². The van der Waals surface area contributed by atoms with Crippen LogP contribution in [-0.4, -0.2) is 31.2 Å². The van der Waals surface area contributed by atoms with E-state index >= 15 is 0 Å². The SMILES string of the molecule is COC(OC(=O)C1CC2C=CC1C2)(C(F)(F)F)C(F)(F)F. The summed E-state index contributed by atoms with van der Waals surface area (Å²) in [6.07, 6.45) is -7.71. The summed E-state index contributed by atoms with van der Waals surface area (Å²) < 4.78 is 84.0. The van der Waals surface area contributed by atoms with Crippen molar-refractivity contribution in [3.05, 3.63) is 12.2 Å². The molecule has 0 radical (unpaired) electrons. The minimum atomic E-state index is -5.93. The van der Waals surface area contributed by atoms with Crippen LogP contribution in [0.1, 0.15) is 12.8 Å². The molecule has 0 N–H and O–H groups in total. The molecule has 0 aromatic rings. The molecule has 9 heteroatoms. The van der Waals surface area contributed by atoms with Crippen LogP contribution in [0.2, 0.25) is 0 Å². The summed E-state index contributed by atoms with van der Waals surface area (Å²) in [6, 6.07) is 0. The molecule has 0 heterocycles. The Morgan fingerprint density at radius 2 is 1.62 bits per heavy atom. The van der Waals surface area contributed by atoms with Crippen molar-refractivity contribution in [2.24, 2.45) is 17.8 Å². The number of methoxy groups -OCH3 is 1. The molecular formula is C12H12F6O3. The third-order valence-electron chi connectivity index (χ3n) is 3.86. The Morgan fingerprint density at radius 3 is 1.95 bits per heavy atom. The first-order chi connectivity index (χ1) is 9.52. The Bertz CT molecular complexity index is 439. The zero-order valence-electron chi connectivity index (χ0n) is 10.8. The van der Waals surface area contributed by atoms with Gasteiger partial charge in [-0.15, -0.1) is 0 Å². The van der Waals surface area contributed by atoms with Crippen LogP contribution in [0.4, 0.5) is 26.3 Å². The van der Waals surface area contributed by atoms with Crippen molar-refractivity contribution >= 4 is 5.97 Å². The van der Waals surface area contributed by atoms with Gasteiger partial charge in [0.2, 0.25) is 0 Å². The molecule has 3 nitrogen and oxygen atoms in total. The van der Waals surface area contributed by atoms with Crippen molar-refractivity contribution in [3.8, 4) is 0 Å². The molecule has 3 atom stereocenters. The van der Waals surface area contributed by atoms with E-state index in [-0.39, 0.29) is 25.4 Å². The van der Waals surface area contributed by atoms with Gasteiger partial charge in [-0.2, -0.15) is 26.3 Å². The van der Waals surface area contributed by atoms with Crippen LogP contribution in [-0.2, 0) is 14.3 Å². The number of hydrogen-bond acceptors (Lipinski definition) is 3. The number of esters is 1. The summed E-state index contributed by atoms with van der Waals surface area (Å²) in [7, 11) is 0.203. The van der Waals surface area contributed by atoms with Crippen molar-refractivity contribution in [1.29, 1.82) is 0 Å². The number of halogens is 6. The maximum absolute atomic E-state index is 12.8. The smallest absolute Gasteiger partial charge is 0.416 e. The normalized spacial score (nSPS) is 29.0. The van der Waals surface area contributed by atoms with Gasteiger partial charge < -0.3 is 9.47 Å². The Balaban J connectivity index is 2.24. The second-order valence-corrected chi connectivity index (χ2v) is 5.12. The second-order valence-electron chi connectivity index (χ2n) is 5.12. The molecule has 2 bridgehead atoms. The van der Waals surface area contributed by atoms with Gasteiger partial charge in [0.15, 0.2) is 0 Å². The number of ether oxygens (including phenoxy) is 2. The van der Waals surface area contributed by atoms with Gasteiger partial charge in [-0.05, 0) is 24.7 Å². The Morgan fingerprint density at radius 1 is 1.05 bits per heavy atom. The van der Waals surface area contributed by atoms with E-state index in [2.05, 4.69) is 9.47 Å². The van der Waals surface area contributed by atoms with E-state index in [4.69, 9.17) is 0 Å². The average Bonchev–Trinajstić information content (AvgIpc) is 2.94. The van der Waals surface area contributed by atoms with Crippen LogP contribution < -0.4 is 0 Å². The largest absolute Gasteiger partial charge is 0.465 e. The summed E-state index contributed by atoms with van der Waals surface area (Å²) in [5, 5.41) is 0. The number of hydrogen-bond donors (Lipinski definition) is 0. The molecule has 21 heavy (non-hydrogen) atoms. The molecule has 1 saturated carbocycles. The molecule has 120 valence electrons. The first kappa shape index (κ1) is 16.1. The fourth-order valence-electron chi connectivity index (χ4n) is 2.82. The summed E-state index contributed by atoms with van der Waals surface area (Å²) in [4.78, 5) is 11.8. The molecule has 3 unspecified atom stereocenters. The standard InChI is InChI=1S/C12H12F6O3/c1-20-10(11(13,14)15,12(16,17)18)21-9(19)8-5-6-2-3-7(8)4-6/h2-3,6-8H,4-5H2,1H3. The highest BCUT2D eigenvalue weighted by Gasteiger charge is 2.76. The fraction of sp³-hybridized carbons (Fsp3) is 0.750. The van der Waals surface area contributed by atoms with Gasteiger partial charge in [0.1, 0.15) is 0 Å². The maximum Gasteiger partial charge on any atom is 0.465 e. The van der Waals surface area contributed by atoms with Crippen LogP contribution >= 0.6 is 0 Å². The van der Waals surface area contributed by atoms with Gasteiger partial charge >= 0.3 is 24.1 Å². The number of fused-ring (bicyclic) bond motifs is 2. The number of alkyl halides is 6. The van der Waals surface area contributed by atoms with Crippen molar-refractivity contribution < 1.29 is 40.6 Å². The Labute approximate surface area is 115 Å². The van der Waals surface area contributed by atoms with Gasteiger partial charge in [0, 0.05) is 7.11 Å². The molecule has 0 aromatic carbocycles. The zero-order valence-corrected chi connectivity index (χ0v) is 10.8. The van der Waals surface area contributed by atoms with E-state index in [0.717, 1.165) is 0 Å². The van der Waals surface area contributed by atoms with Crippen molar-refractivity contribution in [2.45, 2.75) is 31.0 Å². The van der Waals surface area contributed by atoms with Crippen LogP contribution in [0.15, 0.2) is 12.2 Å². The van der Waals surface area contributed by atoms with Crippen LogP contribution in [0.25, 0.3) is 0 Å². The van der Waals surface area contributed by atoms with Gasteiger partial charge in [-0.1, -0.05) is 12.2 Å². The van der Waals surface area contributed by atoms with E-state index in [1.54, 1.807) is 12.2 Å². The van der Waals surface area contributed by atoms with Gasteiger partial charge in [0.05, 0.1) is 5.92 Å². The summed E-state index contributed by atoms with van der Waals surface area (Å²) in [5.41, 5.74) is 0. The van der Waals surface area contributed by atoms with E-state index < -0.39 is 30.0 Å². The third-order valence-corrected chi connectivity index (χ3v) is 3.86. The van der Waals surface area contributed by atoms with Crippen molar-refractivity contribution in [3.63, 3.8) is 0 Å². The fourth-order valence-corrected chi connectivity index (χ4v) is 2.82. The van der Waals surface area contributed by atoms with Crippen LogP contribution in [0.5, 0.6) is 0 Å². The third kappa shape index (κ3) is 2.51. The molecule has 0 amide bonds. The minimum absolute atomic E-state index is 0.00117.